The van der Waals surface area contributed by atoms with Crippen molar-refractivity contribution in [3.05, 3.63) is 0 Å². The summed E-state index contributed by atoms with van der Waals surface area (Å²) < 4.78 is 9.12. The van der Waals surface area contributed by atoms with Crippen LogP contribution in [0.2, 0.25) is 0 Å². The predicted octanol–water partition coefficient (Wildman–Crippen LogP) is -2.07. The van der Waals surface area contributed by atoms with Gasteiger partial charge < -0.3 is 20.9 Å². The minimum Gasteiger partial charge on any atom is -0.469 e. The molecule has 0 aromatic heterocycles. The molecule has 0 atom stereocenters. The largest absolute Gasteiger partial charge is 0.469 e. The van der Waals surface area contributed by atoms with E-state index in [4.69, 9.17) is 11.5 Å². The lowest BCUT2D eigenvalue weighted by atomic mass is 9.23. The molecule has 0 radical (unpaired) electrons. The number of hydrogen-bond acceptors (Lipinski definition) is 6. The molecule has 2 bridgehead atoms. The first kappa shape index (κ1) is 13.3. The number of methoxy groups -OCH3 is 2. The van der Waals surface area contributed by atoms with Crippen LogP contribution in [0.4, 0.5) is 0 Å². The van der Waals surface area contributed by atoms with E-state index < -0.39 is 46.4 Å². The molecular formula is C11H14N2O6. The Morgan fingerprint density at radius 2 is 1.21 bits per heavy atom. The summed E-state index contributed by atoms with van der Waals surface area (Å²) in [6.07, 6.45) is -0.0236. The Morgan fingerprint density at radius 1 is 0.895 bits per heavy atom. The van der Waals surface area contributed by atoms with E-state index in [1.807, 2.05) is 0 Å². The van der Waals surface area contributed by atoms with E-state index in [1.165, 1.54) is 0 Å². The number of hydrogen-bond donors (Lipinski definition) is 2. The van der Waals surface area contributed by atoms with E-state index in [1.54, 1.807) is 0 Å². The van der Waals surface area contributed by atoms with Gasteiger partial charge in [0.1, 0.15) is 0 Å². The summed E-state index contributed by atoms with van der Waals surface area (Å²) in [5.74, 6) is -5.43. The number of amides is 2. The Hall–Kier alpha value is -2.12. The SMILES string of the molecule is COC(=O)C1C2(C(N)=O)CC1(C(N)=O)C2C(=O)OC. The van der Waals surface area contributed by atoms with Crippen molar-refractivity contribution in [1.82, 2.24) is 0 Å². The lowest BCUT2D eigenvalue weighted by Gasteiger charge is -2.74. The smallest absolute Gasteiger partial charge is 0.310 e. The van der Waals surface area contributed by atoms with Crippen molar-refractivity contribution in [2.75, 3.05) is 14.2 Å². The van der Waals surface area contributed by atoms with Gasteiger partial charge in [-0.2, -0.15) is 0 Å². The molecule has 8 nitrogen and oxygen atoms in total. The predicted molar refractivity (Wildman–Crippen MR) is 58.9 cm³/mol. The molecule has 19 heavy (non-hydrogen) atoms. The Balaban J connectivity index is 2.48. The number of ether oxygens (including phenoxy) is 2. The van der Waals surface area contributed by atoms with Crippen LogP contribution < -0.4 is 11.5 Å². The Labute approximate surface area is 108 Å². The van der Waals surface area contributed by atoms with Crippen molar-refractivity contribution in [1.29, 1.82) is 0 Å². The van der Waals surface area contributed by atoms with Gasteiger partial charge in [-0.3, -0.25) is 19.2 Å². The monoisotopic (exact) mass is 270 g/mol. The van der Waals surface area contributed by atoms with Gasteiger partial charge in [-0.15, -0.1) is 0 Å². The fourth-order valence-corrected chi connectivity index (χ4v) is 3.61. The molecule has 3 saturated carbocycles. The zero-order valence-corrected chi connectivity index (χ0v) is 10.5. The second kappa shape index (κ2) is 3.69. The summed E-state index contributed by atoms with van der Waals surface area (Å²) in [4.78, 5) is 46.7. The first-order chi connectivity index (χ1) is 8.80. The molecule has 0 unspecified atom stereocenters. The summed E-state index contributed by atoms with van der Waals surface area (Å²) in [6.45, 7) is 0. The minimum absolute atomic E-state index is 0.0236. The van der Waals surface area contributed by atoms with E-state index >= 15 is 0 Å². The maximum atomic E-state index is 11.7. The Bertz CT molecular complexity index is 447. The van der Waals surface area contributed by atoms with Crippen LogP contribution in [-0.4, -0.2) is 38.0 Å². The summed E-state index contributed by atoms with van der Waals surface area (Å²) in [7, 11) is 2.24. The number of carbonyl (C=O) groups is 4. The van der Waals surface area contributed by atoms with Crippen LogP contribution in [-0.2, 0) is 28.7 Å². The molecule has 3 rings (SSSR count). The van der Waals surface area contributed by atoms with E-state index in [0.717, 1.165) is 14.2 Å². The normalized spacial score (nSPS) is 38.4. The molecule has 0 saturated heterocycles. The van der Waals surface area contributed by atoms with Crippen LogP contribution in [0.3, 0.4) is 0 Å². The van der Waals surface area contributed by atoms with Crippen LogP contribution >= 0.6 is 0 Å². The van der Waals surface area contributed by atoms with Crippen molar-refractivity contribution in [2.45, 2.75) is 6.42 Å². The highest BCUT2D eigenvalue weighted by molar-refractivity contribution is 6.08. The quantitative estimate of drug-likeness (QED) is 0.562. The highest BCUT2D eigenvalue weighted by atomic mass is 16.5. The van der Waals surface area contributed by atoms with Crippen molar-refractivity contribution < 1.29 is 28.7 Å². The summed E-state index contributed by atoms with van der Waals surface area (Å²) in [6, 6.07) is 0. The molecule has 104 valence electrons. The molecular weight excluding hydrogens is 256 g/mol. The van der Waals surface area contributed by atoms with Crippen LogP contribution in [0.15, 0.2) is 0 Å². The minimum atomic E-state index is -1.42. The summed E-state index contributed by atoms with van der Waals surface area (Å²) >= 11 is 0. The number of carbonyl (C=O) groups excluding carboxylic acids is 4. The van der Waals surface area contributed by atoms with Crippen molar-refractivity contribution in [2.24, 2.45) is 34.1 Å². The number of esters is 2. The highest BCUT2D eigenvalue weighted by Gasteiger charge is 2.92. The van der Waals surface area contributed by atoms with Gasteiger partial charge in [-0.1, -0.05) is 0 Å². The second-order valence-electron chi connectivity index (χ2n) is 4.90. The van der Waals surface area contributed by atoms with E-state index in [0.29, 0.717) is 0 Å². The lowest BCUT2D eigenvalue weighted by Crippen LogP contribution is -2.88. The van der Waals surface area contributed by atoms with Gasteiger partial charge in [0.05, 0.1) is 36.9 Å². The van der Waals surface area contributed by atoms with Crippen molar-refractivity contribution in [3.8, 4) is 0 Å². The van der Waals surface area contributed by atoms with E-state index in [-0.39, 0.29) is 6.42 Å². The van der Waals surface area contributed by atoms with Crippen LogP contribution in [0.25, 0.3) is 0 Å². The first-order valence-corrected chi connectivity index (χ1v) is 5.56. The van der Waals surface area contributed by atoms with Crippen LogP contribution in [0, 0.1) is 22.7 Å². The first-order valence-electron chi connectivity index (χ1n) is 5.56. The third-order valence-corrected chi connectivity index (χ3v) is 4.44. The summed E-state index contributed by atoms with van der Waals surface area (Å²) in [5, 5.41) is 0. The topological polar surface area (TPSA) is 139 Å². The average Bonchev–Trinajstić information content (AvgIpc) is 2.25. The van der Waals surface area contributed by atoms with Gasteiger partial charge in [0.2, 0.25) is 11.8 Å². The fraction of sp³-hybridized carbons (Fsp3) is 0.636. The van der Waals surface area contributed by atoms with Crippen LogP contribution in [0.5, 0.6) is 0 Å². The van der Waals surface area contributed by atoms with E-state index in [9.17, 15) is 19.2 Å². The maximum absolute atomic E-state index is 11.7. The number of nitrogens with two attached hydrogens (primary N) is 2. The van der Waals surface area contributed by atoms with Gasteiger partial charge in [-0.05, 0) is 6.42 Å². The molecule has 4 N–H and O–H groups in total. The Kier molecular flexibility index (Phi) is 2.58. The zero-order valence-electron chi connectivity index (χ0n) is 10.5. The molecule has 0 spiro atoms. The molecule has 0 aliphatic heterocycles. The van der Waals surface area contributed by atoms with Gasteiger partial charge >= 0.3 is 11.9 Å². The van der Waals surface area contributed by atoms with Crippen molar-refractivity contribution in [3.63, 3.8) is 0 Å². The van der Waals surface area contributed by atoms with Gasteiger partial charge in [-0.25, -0.2) is 0 Å². The van der Waals surface area contributed by atoms with E-state index in [2.05, 4.69) is 9.47 Å². The molecule has 3 aliphatic carbocycles. The molecule has 0 heterocycles. The van der Waals surface area contributed by atoms with Gasteiger partial charge in [0, 0.05) is 0 Å². The lowest BCUT2D eigenvalue weighted by molar-refractivity contribution is -0.293. The molecule has 0 aromatic carbocycles. The molecule has 8 heteroatoms. The highest BCUT2D eigenvalue weighted by Crippen LogP contribution is 2.80. The molecule has 0 aromatic rings. The average molecular weight is 270 g/mol. The van der Waals surface area contributed by atoms with Gasteiger partial charge in [0.25, 0.3) is 0 Å². The molecule has 3 aliphatic rings. The Morgan fingerprint density at radius 3 is 1.42 bits per heavy atom. The fourth-order valence-electron chi connectivity index (χ4n) is 3.61. The number of primary amides is 2. The van der Waals surface area contributed by atoms with Gasteiger partial charge in [0.15, 0.2) is 0 Å². The standard InChI is InChI=1S/C11H14N2O6/c1-18-6(14)4-10(8(12)16)3-11(4,9(13)17)5(10)7(15)19-2/h4-5H,3H2,1-2H3,(H2,12,16)(H2,13,17). The number of rotatable bonds is 4. The third-order valence-electron chi connectivity index (χ3n) is 4.44. The molecule has 3 fully saturated rings. The van der Waals surface area contributed by atoms with Crippen molar-refractivity contribution >= 4 is 23.8 Å². The summed E-state index contributed by atoms with van der Waals surface area (Å²) in [5.41, 5.74) is 7.73. The molecule has 2 amide bonds. The van der Waals surface area contributed by atoms with Crippen LogP contribution in [0.1, 0.15) is 6.42 Å². The maximum Gasteiger partial charge on any atom is 0.310 e. The third kappa shape index (κ3) is 1.14. The zero-order chi connectivity index (χ0) is 14.6. The second-order valence-corrected chi connectivity index (χ2v) is 4.90.